The Morgan fingerprint density at radius 1 is 1.25 bits per heavy atom. The number of nitrogens with zero attached hydrogens (tertiary/aromatic N) is 3. The molecule has 0 unspecified atom stereocenters. The van der Waals surface area contributed by atoms with Crippen molar-refractivity contribution < 1.29 is 0 Å². The van der Waals surface area contributed by atoms with Crippen LogP contribution in [-0.2, 0) is 6.42 Å². The first-order valence-electron chi connectivity index (χ1n) is 6.76. The Hall–Kier alpha value is -1.74. The second-order valence-electron chi connectivity index (χ2n) is 5.25. The molecule has 3 aromatic rings. The van der Waals surface area contributed by atoms with Gasteiger partial charge >= 0.3 is 0 Å². The predicted molar refractivity (Wildman–Crippen MR) is 86.2 cm³/mol. The van der Waals surface area contributed by atoms with Crippen LogP contribution in [-0.4, -0.2) is 29.4 Å². The lowest BCUT2D eigenvalue weighted by Gasteiger charge is -2.15. The third-order valence-electron chi connectivity index (χ3n) is 3.67. The van der Waals surface area contributed by atoms with Crippen molar-refractivity contribution in [2.45, 2.75) is 13.3 Å². The van der Waals surface area contributed by atoms with E-state index in [2.05, 4.69) is 40.6 Å². The van der Waals surface area contributed by atoms with Gasteiger partial charge in [0, 0.05) is 31.6 Å². The summed E-state index contributed by atoms with van der Waals surface area (Å²) in [6, 6.07) is 8.47. The SMILES string of the molecule is Cc1cnc(N(C)C)n2c1c(CCCl)c1ccccc12. The number of hydrogen-bond donors (Lipinski definition) is 0. The molecule has 2 heterocycles. The normalized spacial score (nSPS) is 11.4. The molecule has 0 saturated heterocycles. The molecule has 3 nitrogen and oxygen atoms in total. The van der Waals surface area contributed by atoms with Crippen LogP contribution >= 0.6 is 11.6 Å². The van der Waals surface area contributed by atoms with Gasteiger partial charge in [0.2, 0.25) is 5.95 Å². The highest BCUT2D eigenvalue weighted by molar-refractivity contribution is 6.18. The first kappa shape index (κ1) is 13.3. The van der Waals surface area contributed by atoms with Gasteiger partial charge in [-0.15, -0.1) is 11.6 Å². The highest BCUT2D eigenvalue weighted by atomic mass is 35.5. The highest BCUT2D eigenvalue weighted by Gasteiger charge is 2.16. The first-order valence-corrected chi connectivity index (χ1v) is 7.29. The van der Waals surface area contributed by atoms with E-state index in [1.165, 1.54) is 27.5 Å². The van der Waals surface area contributed by atoms with E-state index in [1.54, 1.807) is 0 Å². The van der Waals surface area contributed by atoms with Crippen LogP contribution in [0.5, 0.6) is 0 Å². The summed E-state index contributed by atoms with van der Waals surface area (Å²) in [6.45, 7) is 2.11. The van der Waals surface area contributed by atoms with Crippen molar-refractivity contribution in [1.29, 1.82) is 0 Å². The molecule has 104 valence electrons. The molecule has 0 saturated carbocycles. The fourth-order valence-electron chi connectivity index (χ4n) is 2.87. The smallest absolute Gasteiger partial charge is 0.210 e. The number of halogens is 1. The number of benzene rings is 1. The van der Waals surface area contributed by atoms with Gasteiger partial charge in [0.1, 0.15) is 0 Å². The summed E-state index contributed by atoms with van der Waals surface area (Å²) in [5.74, 6) is 1.57. The number of alkyl halides is 1. The number of anilines is 1. The molecule has 0 radical (unpaired) electrons. The van der Waals surface area contributed by atoms with E-state index in [1.807, 2.05) is 25.2 Å². The largest absolute Gasteiger partial charge is 0.348 e. The topological polar surface area (TPSA) is 20.5 Å². The Balaban J connectivity index is 2.54. The molecular formula is C16H18ClN3. The third kappa shape index (κ3) is 1.85. The zero-order chi connectivity index (χ0) is 14.3. The molecule has 0 aliphatic rings. The lowest BCUT2D eigenvalue weighted by molar-refractivity contribution is 0.968. The molecule has 0 bridgehead atoms. The summed E-state index contributed by atoms with van der Waals surface area (Å²) in [7, 11) is 4.04. The summed E-state index contributed by atoms with van der Waals surface area (Å²) in [4.78, 5) is 6.63. The molecule has 0 spiro atoms. The van der Waals surface area contributed by atoms with Crippen molar-refractivity contribution in [1.82, 2.24) is 9.38 Å². The molecule has 3 rings (SSSR count). The monoisotopic (exact) mass is 287 g/mol. The third-order valence-corrected chi connectivity index (χ3v) is 3.86. The van der Waals surface area contributed by atoms with Crippen LogP contribution in [0.3, 0.4) is 0 Å². The summed E-state index contributed by atoms with van der Waals surface area (Å²) >= 11 is 6.01. The van der Waals surface area contributed by atoms with Crippen LogP contribution < -0.4 is 4.90 Å². The van der Waals surface area contributed by atoms with Gasteiger partial charge in [0.05, 0.1) is 11.0 Å². The van der Waals surface area contributed by atoms with Gasteiger partial charge < -0.3 is 4.90 Å². The molecule has 4 heteroatoms. The van der Waals surface area contributed by atoms with Crippen LogP contribution in [0.15, 0.2) is 30.5 Å². The molecular weight excluding hydrogens is 270 g/mol. The number of aryl methyl sites for hydroxylation is 2. The standard InChI is InChI=1S/C16H18ClN3/c1-11-10-18-16(19(2)3)20-14-7-5-4-6-12(14)13(8-9-17)15(11)20/h4-7,10H,8-9H2,1-3H3. The van der Waals surface area contributed by atoms with Gasteiger partial charge in [-0.05, 0) is 30.5 Å². The Kier molecular flexibility index (Phi) is 3.30. The van der Waals surface area contributed by atoms with Gasteiger partial charge in [-0.3, -0.25) is 4.40 Å². The zero-order valence-electron chi connectivity index (χ0n) is 12.0. The Morgan fingerprint density at radius 2 is 2.00 bits per heavy atom. The van der Waals surface area contributed by atoms with Crippen molar-refractivity contribution >= 4 is 34.0 Å². The van der Waals surface area contributed by atoms with E-state index in [9.17, 15) is 0 Å². The predicted octanol–water partition coefficient (Wildman–Crippen LogP) is 3.64. The Bertz CT molecular complexity index is 774. The van der Waals surface area contributed by atoms with E-state index in [4.69, 9.17) is 11.6 Å². The van der Waals surface area contributed by atoms with Crippen molar-refractivity contribution in [3.05, 3.63) is 41.6 Å². The molecule has 0 atom stereocenters. The molecule has 1 aromatic carbocycles. The number of para-hydroxylation sites is 1. The maximum absolute atomic E-state index is 6.01. The average molecular weight is 288 g/mol. The van der Waals surface area contributed by atoms with E-state index >= 15 is 0 Å². The fourth-order valence-corrected chi connectivity index (χ4v) is 3.05. The second-order valence-corrected chi connectivity index (χ2v) is 5.63. The number of fused-ring (bicyclic) bond motifs is 3. The molecule has 0 N–H and O–H groups in total. The minimum atomic E-state index is 0.628. The van der Waals surface area contributed by atoms with E-state index in [0.717, 1.165) is 12.4 Å². The van der Waals surface area contributed by atoms with Crippen molar-refractivity contribution in [2.24, 2.45) is 0 Å². The molecule has 20 heavy (non-hydrogen) atoms. The van der Waals surface area contributed by atoms with Gasteiger partial charge in [-0.1, -0.05) is 18.2 Å². The van der Waals surface area contributed by atoms with Crippen molar-refractivity contribution in [3.8, 4) is 0 Å². The average Bonchev–Trinajstić information content (AvgIpc) is 2.76. The lowest BCUT2D eigenvalue weighted by Crippen LogP contribution is -2.15. The quantitative estimate of drug-likeness (QED) is 0.686. The van der Waals surface area contributed by atoms with Gasteiger partial charge in [0.25, 0.3) is 0 Å². The fraction of sp³-hybridized carbons (Fsp3) is 0.312. The summed E-state index contributed by atoms with van der Waals surface area (Å²) < 4.78 is 2.24. The molecule has 0 aliphatic carbocycles. The Labute approximate surface area is 123 Å². The number of rotatable bonds is 3. The molecule has 0 aliphatic heterocycles. The van der Waals surface area contributed by atoms with Crippen LogP contribution in [0, 0.1) is 6.92 Å². The Morgan fingerprint density at radius 3 is 2.70 bits per heavy atom. The van der Waals surface area contributed by atoms with Gasteiger partial charge in [0.15, 0.2) is 0 Å². The summed E-state index contributed by atoms with van der Waals surface area (Å²) in [6.07, 6.45) is 2.82. The number of hydrogen-bond acceptors (Lipinski definition) is 2. The van der Waals surface area contributed by atoms with E-state index in [-0.39, 0.29) is 0 Å². The summed E-state index contributed by atoms with van der Waals surface area (Å²) in [5.41, 5.74) is 4.94. The van der Waals surface area contributed by atoms with E-state index in [0.29, 0.717) is 5.88 Å². The van der Waals surface area contributed by atoms with Gasteiger partial charge in [-0.25, -0.2) is 4.98 Å². The minimum absolute atomic E-state index is 0.628. The molecule has 2 aromatic heterocycles. The molecule has 0 amide bonds. The maximum atomic E-state index is 6.01. The van der Waals surface area contributed by atoms with Crippen molar-refractivity contribution in [3.63, 3.8) is 0 Å². The van der Waals surface area contributed by atoms with Crippen molar-refractivity contribution in [2.75, 3.05) is 24.9 Å². The van der Waals surface area contributed by atoms with E-state index < -0.39 is 0 Å². The lowest BCUT2D eigenvalue weighted by atomic mass is 10.1. The molecule has 0 fully saturated rings. The van der Waals surface area contributed by atoms with Crippen LogP contribution in [0.4, 0.5) is 5.95 Å². The van der Waals surface area contributed by atoms with Crippen LogP contribution in [0.25, 0.3) is 16.4 Å². The number of aromatic nitrogens is 2. The second kappa shape index (κ2) is 4.98. The van der Waals surface area contributed by atoms with Crippen LogP contribution in [0.1, 0.15) is 11.1 Å². The van der Waals surface area contributed by atoms with Gasteiger partial charge in [-0.2, -0.15) is 0 Å². The maximum Gasteiger partial charge on any atom is 0.210 e. The zero-order valence-corrected chi connectivity index (χ0v) is 12.8. The first-order chi connectivity index (χ1) is 9.65. The summed E-state index contributed by atoms with van der Waals surface area (Å²) in [5, 5.41) is 1.27. The van der Waals surface area contributed by atoms with Crippen LogP contribution in [0.2, 0.25) is 0 Å². The minimum Gasteiger partial charge on any atom is -0.348 e. The highest BCUT2D eigenvalue weighted by Crippen LogP contribution is 2.32.